The van der Waals surface area contributed by atoms with E-state index in [1.165, 1.54) is 5.56 Å². The summed E-state index contributed by atoms with van der Waals surface area (Å²) >= 11 is 0. The SMILES string of the molecule is CCCOC(N)Cc1ccccc1. The van der Waals surface area contributed by atoms with Gasteiger partial charge in [-0.1, -0.05) is 37.3 Å². The molecular formula is C11H17NO. The van der Waals surface area contributed by atoms with E-state index in [0.717, 1.165) is 19.4 Å². The van der Waals surface area contributed by atoms with Crippen molar-refractivity contribution in [1.82, 2.24) is 0 Å². The number of nitrogens with two attached hydrogens (primary N) is 1. The third-order valence-electron chi connectivity index (χ3n) is 1.82. The van der Waals surface area contributed by atoms with Crippen molar-refractivity contribution in [2.75, 3.05) is 6.61 Å². The lowest BCUT2D eigenvalue weighted by Gasteiger charge is -2.11. The topological polar surface area (TPSA) is 35.2 Å². The van der Waals surface area contributed by atoms with Gasteiger partial charge in [-0.3, -0.25) is 0 Å². The van der Waals surface area contributed by atoms with Gasteiger partial charge in [0.05, 0.1) is 0 Å². The molecule has 0 heterocycles. The molecule has 1 rings (SSSR count). The molecule has 72 valence electrons. The average Bonchev–Trinajstić information content (AvgIpc) is 2.16. The molecule has 1 atom stereocenters. The van der Waals surface area contributed by atoms with Crippen molar-refractivity contribution in [3.05, 3.63) is 35.9 Å². The Balaban J connectivity index is 2.32. The molecule has 2 nitrogen and oxygen atoms in total. The van der Waals surface area contributed by atoms with Crippen molar-refractivity contribution in [1.29, 1.82) is 0 Å². The molecule has 13 heavy (non-hydrogen) atoms. The van der Waals surface area contributed by atoms with Gasteiger partial charge >= 0.3 is 0 Å². The molecule has 0 radical (unpaired) electrons. The molecule has 0 aliphatic carbocycles. The van der Waals surface area contributed by atoms with Crippen LogP contribution in [0.3, 0.4) is 0 Å². The zero-order valence-electron chi connectivity index (χ0n) is 8.07. The maximum Gasteiger partial charge on any atom is 0.109 e. The molecule has 1 aromatic rings. The Morgan fingerprint density at radius 3 is 2.62 bits per heavy atom. The normalized spacial score (nSPS) is 12.8. The third kappa shape index (κ3) is 4.06. The van der Waals surface area contributed by atoms with Crippen molar-refractivity contribution < 1.29 is 4.74 Å². The molecule has 0 saturated heterocycles. The molecular weight excluding hydrogens is 162 g/mol. The van der Waals surface area contributed by atoms with Crippen LogP contribution in [-0.4, -0.2) is 12.8 Å². The van der Waals surface area contributed by atoms with Crippen LogP contribution in [0.25, 0.3) is 0 Å². The van der Waals surface area contributed by atoms with Crippen LogP contribution in [0.5, 0.6) is 0 Å². The highest BCUT2D eigenvalue weighted by atomic mass is 16.5. The van der Waals surface area contributed by atoms with Gasteiger partial charge in [-0.25, -0.2) is 0 Å². The van der Waals surface area contributed by atoms with Crippen LogP contribution in [0.2, 0.25) is 0 Å². The van der Waals surface area contributed by atoms with Crippen LogP contribution in [0, 0.1) is 0 Å². The summed E-state index contributed by atoms with van der Waals surface area (Å²) in [5, 5.41) is 0. The summed E-state index contributed by atoms with van der Waals surface area (Å²) < 4.78 is 5.37. The van der Waals surface area contributed by atoms with E-state index in [9.17, 15) is 0 Å². The molecule has 2 N–H and O–H groups in total. The van der Waals surface area contributed by atoms with Gasteiger partial charge in [0.2, 0.25) is 0 Å². The van der Waals surface area contributed by atoms with Crippen molar-refractivity contribution in [3.8, 4) is 0 Å². The minimum absolute atomic E-state index is 0.164. The standard InChI is InChI=1S/C11H17NO/c1-2-8-13-11(12)9-10-6-4-3-5-7-10/h3-7,11H,2,8-9,12H2,1H3. The fourth-order valence-electron chi connectivity index (χ4n) is 1.17. The van der Waals surface area contributed by atoms with E-state index in [1.54, 1.807) is 0 Å². The Labute approximate surface area is 79.7 Å². The molecule has 0 aliphatic heterocycles. The first-order valence-electron chi connectivity index (χ1n) is 4.74. The molecule has 1 aromatic carbocycles. The molecule has 0 amide bonds. The first-order valence-corrected chi connectivity index (χ1v) is 4.74. The fourth-order valence-corrected chi connectivity index (χ4v) is 1.17. The minimum Gasteiger partial charge on any atom is -0.363 e. The second-order valence-electron chi connectivity index (χ2n) is 3.10. The van der Waals surface area contributed by atoms with Gasteiger partial charge in [0.1, 0.15) is 6.23 Å². The predicted octanol–water partition coefficient (Wildman–Crippen LogP) is 1.94. The molecule has 0 spiro atoms. The second kappa shape index (κ2) is 5.73. The number of hydrogen-bond acceptors (Lipinski definition) is 2. The average molecular weight is 179 g/mol. The van der Waals surface area contributed by atoms with Crippen LogP contribution in [0.4, 0.5) is 0 Å². The van der Waals surface area contributed by atoms with E-state index >= 15 is 0 Å². The first kappa shape index (κ1) is 10.2. The predicted molar refractivity (Wildman–Crippen MR) is 54.4 cm³/mol. The van der Waals surface area contributed by atoms with Crippen LogP contribution < -0.4 is 5.73 Å². The van der Waals surface area contributed by atoms with E-state index in [4.69, 9.17) is 10.5 Å². The maximum atomic E-state index is 5.77. The van der Waals surface area contributed by atoms with Crippen molar-refractivity contribution in [2.45, 2.75) is 26.0 Å². The summed E-state index contributed by atoms with van der Waals surface area (Å²) in [6, 6.07) is 10.2. The molecule has 0 aliphatic rings. The second-order valence-corrected chi connectivity index (χ2v) is 3.10. The lowest BCUT2D eigenvalue weighted by Crippen LogP contribution is -2.26. The van der Waals surface area contributed by atoms with Crippen molar-refractivity contribution in [3.63, 3.8) is 0 Å². The Morgan fingerprint density at radius 2 is 2.00 bits per heavy atom. The lowest BCUT2D eigenvalue weighted by atomic mass is 10.1. The van der Waals surface area contributed by atoms with E-state index in [0.29, 0.717) is 0 Å². The van der Waals surface area contributed by atoms with Crippen LogP contribution in [-0.2, 0) is 11.2 Å². The highest BCUT2D eigenvalue weighted by molar-refractivity contribution is 5.15. The van der Waals surface area contributed by atoms with Gasteiger partial charge < -0.3 is 10.5 Å². The maximum absolute atomic E-state index is 5.77. The quantitative estimate of drug-likeness (QED) is 0.701. The first-order chi connectivity index (χ1) is 6.33. The largest absolute Gasteiger partial charge is 0.363 e. The highest BCUT2D eigenvalue weighted by Crippen LogP contribution is 2.02. The molecule has 0 bridgehead atoms. The molecule has 0 saturated carbocycles. The van der Waals surface area contributed by atoms with E-state index in [2.05, 4.69) is 19.1 Å². The number of hydrogen-bond donors (Lipinski definition) is 1. The Bertz CT molecular complexity index is 223. The molecule has 2 heteroatoms. The fraction of sp³-hybridized carbons (Fsp3) is 0.455. The van der Waals surface area contributed by atoms with Gasteiger partial charge in [0.15, 0.2) is 0 Å². The highest BCUT2D eigenvalue weighted by Gasteiger charge is 2.02. The smallest absolute Gasteiger partial charge is 0.109 e. The Hall–Kier alpha value is -0.860. The van der Waals surface area contributed by atoms with Crippen LogP contribution >= 0.6 is 0 Å². The number of ether oxygens (including phenoxy) is 1. The summed E-state index contributed by atoms with van der Waals surface area (Å²) in [6.45, 7) is 2.82. The van der Waals surface area contributed by atoms with E-state index in [-0.39, 0.29) is 6.23 Å². The zero-order valence-corrected chi connectivity index (χ0v) is 8.07. The van der Waals surface area contributed by atoms with Crippen LogP contribution in [0.1, 0.15) is 18.9 Å². The summed E-state index contributed by atoms with van der Waals surface area (Å²) in [5.41, 5.74) is 7.00. The summed E-state index contributed by atoms with van der Waals surface area (Å²) in [6.07, 6.45) is 1.64. The van der Waals surface area contributed by atoms with Crippen molar-refractivity contribution >= 4 is 0 Å². The number of benzene rings is 1. The molecule has 0 aromatic heterocycles. The van der Waals surface area contributed by atoms with Crippen LogP contribution in [0.15, 0.2) is 30.3 Å². The third-order valence-corrected chi connectivity index (χ3v) is 1.82. The summed E-state index contributed by atoms with van der Waals surface area (Å²) in [5.74, 6) is 0. The van der Waals surface area contributed by atoms with Gasteiger partial charge in [-0.15, -0.1) is 0 Å². The lowest BCUT2D eigenvalue weighted by molar-refractivity contribution is 0.0586. The van der Waals surface area contributed by atoms with Gasteiger partial charge in [-0.05, 0) is 12.0 Å². The number of rotatable bonds is 5. The van der Waals surface area contributed by atoms with Gasteiger partial charge in [-0.2, -0.15) is 0 Å². The molecule has 0 fully saturated rings. The molecule has 1 unspecified atom stereocenters. The monoisotopic (exact) mass is 179 g/mol. The minimum atomic E-state index is -0.164. The van der Waals surface area contributed by atoms with E-state index in [1.807, 2.05) is 18.2 Å². The Kier molecular flexibility index (Phi) is 4.50. The van der Waals surface area contributed by atoms with Crippen molar-refractivity contribution in [2.24, 2.45) is 5.73 Å². The van der Waals surface area contributed by atoms with E-state index < -0.39 is 0 Å². The summed E-state index contributed by atoms with van der Waals surface area (Å²) in [7, 11) is 0. The zero-order chi connectivity index (χ0) is 9.52. The van der Waals surface area contributed by atoms with Gasteiger partial charge in [0, 0.05) is 13.0 Å². The van der Waals surface area contributed by atoms with Gasteiger partial charge in [0.25, 0.3) is 0 Å². The Morgan fingerprint density at radius 1 is 1.31 bits per heavy atom. The summed E-state index contributed by atoms with van der Waals surface area (Å²) in [4.78, 5) is 0.